The Kier molecular flexibility index (Phi) is 2.81. The van der Waals surface area contributed by atoms with E-state index in [1.165, 1.54) is 0 Å². The third-order valence-electron chi connectivity index (χ3n) is 2.70. The highest BCUT2D eigenvalue weighted by Gasteiger charge is 2.24. The highest BCUT2D eigenvalue weighted by Crippen LogP contribution is 2.22. The van der Waals surface area contributed by atoms with Crippen LogP contribution in [0.4, 0.5) is 0 Å². The van der Waals surface area contributed by atoms with E-state index in [1.54, 1.807) is 12.3 Å². The summed E-state index contributed by atoms with van der Waals surface area (Å²) in [6, 6.07) is 1.75. The first-order valence-corrected chi connectivity index (χ1v) is 5.85. The molecule has 0 amide bonds. The Morgan fingerprint density at radius 2 is 2.06 bits per heavy atom. The number of rotatable bonds is 2. The highest BCUT2D eigenvalue weighted by atomic mass is 16.1. The van der Waals surface area contributed by atoms with Crippen molar-refractivity contribution >= 4 is 22.5 Å². The van der Waals surface area contributed by atoms with E-state index < -0.39 is 5.41 Å². The molecule has 0 aliphatic heterocycles. The van der Waals surface area contributed by atoms with Crippen molar-refractivity contribution in [3.8, 4) is 0 Å². The number of hydrogen-bond donors (Lipinski definition) is 1. The number of aromatic amines is 1. The normalized spacial score (nSPS) is 11.8. The second kappa shape index (κ2) is 4.05. The minimum atomic E-state index is -0.419. The second-order valence-electron chi connectivity index (χ2n) is 5.53. The van der Waals surface area contributed by atoms with E-state index in [1.807, 2.05) is 27.7 Å². The Morgan fingerprint density at radius 3 is 2.61 bits per heavy atom. The summed E-state index contributed by atoms with van der Waals surface area (Å²) in [6.45, 7) is 11.4. The number of allylic oxidation sites excluding steroid dienone is 1. The van der Waals surface area contributed by atoms with Gasteiger partial charge in [0.1, 0.15) is 5.52 Å². The summed E-state index contributed by atoms with van der Waals surface area (Å²) in [5, 5.41) is 0. The first kappa shape index (κ1) is 12.5. The Labute approximate surface area is 106 Å². The number of H-pyrrole nitrogens is 1. The molecule has 94 valence electrons. The number of hydrogen-bond acceptors (Lipinski definition) is 3. The molecule has 0 radical (unpaired) electrons. The molecule has 2 aromatic rings. The zero-order valence-electron chi connectivity index (χ0n) is 11.2. The van der Waals surface area contributed by atoms with Gasteiger partial charge < -0.3 is 4.98 Å². The van der Waals surface area contributed by atoms with E-state index in [-0.39, 0.29) is 5.78 Å². The van der Waals surface area contributed by atoms with Crippen LogP contribution in [0.25, 0.3) is 16.7 Å². The van der Waals surface area contributed by atoms with Crippen LogP contribution < -0.4 is 0 Å². The zero-order chi connectivity index (χ0) is 13.5. The van der Waals surface area contributed by atoms with Crippen LogP contribution in [0.15, 0.2) is 18.8 Å². The molecule has 0 aromatic carbocycles. The molecule has 0 bridgehead atoms. The summed E-state index contributed by atoms with van der Waals surface area (Å²) in [5.41, 5.74) is 3.07. The molecular weight excluding hydrogens is 226 g/mol. The molecular formula is C14H17N3O. The number of ketones is 1. The lowest BCUT2D eigenvalue weighted by atomic mass is 9.89. The standard InChI is InChI=1S/C14H17N3O/c1-8(2)11-7-15-13-10(16-11)6-9(17-13)12(18)14(3,4)5/h6-7H,1H2,2-5H3,(H,15,17). The Hall–Kier alpha value is -1.97. The van der Waals surface area contributed by atoms with Gasteiger partial charge in [-0.3, -0.25) is 4.79 Å². The molecule has 0 saturated carbocycles. The summed E-state index contributed by atoms with van der Waals surface area (Å²) in [5.74, 6) is 0.0548. The maximum atomic E-state index is 12.2. The van der Waals surface area contributed by atoms with Crippen LogP contribution in [0.2, 0.25) is 0 Å². The third kappa shape index (κ3) is 2.18. The van der Waals surface area contributed by atoms with Crippen molar-refractivity contribution in [1.82, 2.24) is 15.0 Å². The maximum Gasteiger partial charge on any atom is 0.184 e. The van der Waals surface area contributed by atoms with Gasteiger partial charge in [0.2, 0.25) is 0 Å². The number of aromatic nitrogens is 3. The van der Waals surface area contributed by atoms with Gasteiger partial charge in [0.25, 0.3) is 0 Å². The minimum Gasteiger partial charge on any atom is -0.335 e. The molecule has 18 heavy (non-hydrogen) atoms. The largest absolute Gasteiger partial charge is 0.335 e. The molecule has 2 rings (SSSR count). The molecule has 2 heterocycles. The number of nitrogens with zero attached hydrogens (tertiary/aromatic N) is 2. The van der Waals surface area contributed by atoms with E-state index in [0.29, 0.717) is 16.9 Å². The van der Waals surface area contributed by atoms with Crippen LogP contribution in [-0.2, 0) is 0 Å². The molecule has 0 aliphatic carbocycles. The van der Waals surface area contributed by atoms with Crippen molar-refractivity contribution in [2.75, 3.05) is 0 Å². The lowest BCUT2D eigenvalue weighted by Gasteiger charge is -2.14. The molecule has 1 N–H and O–H groups in total. The van der Waals surface area contributed by atoms with Gasteiger partial charge >= 0.3 is 0 Å². The molecule has 4 nitrogen and oxygen atoms in total. The van der Waals surface area contributed by atoms with Gasteiger partial charge in [0.05, 0.1) is 17.6 Å². The number of Topliss-reactive ketones (excluding diaryl/α,β-unsaturated/α-hetero) is 1. The van der Waals surface area contributed by atoms with Gasteiger partial charge in [-0.15, -0.1) is 0 Å². The average Bonchev–Trinajstić information content (AvgIpc) is 2.68. The number of carbonyl (C=O) groups is 1. The van der Waals surface area contributed by atoms with Crippen LogP contribution in [-0.4, -0.2) is 20.7 Å². The van der Waals surface area contributed by atoms with Gasteiger partial charge in [-0.05, 0) is 18.6 Å². The highest BCUT2D eigenvalue weighted by molar-refractivity contribution is 6.01. The summed E-state index contributed by atoms with van der Waals surface area (Å²) >= 11 is 0. The van der Waals surface area contributed by atoms with Crippen molar-refractivity contribution in [2.45, 2.75) is 27.7 Å². The van der Waals surface area contributed by atoms with E-state index in [2.05, 4.69) is 21.5 Å². The molecule has 0 aliphatic rings. The topological polar surface area (TPSA) is 58.6 Å². The Balaban J connectivity index is 2.51. The van der Waals surface area contributed by atoms with Crippen molar-refractivity contribution in [3.05, 3.63) is 30.2 Å². The number of fused-ring (bicyclic) bond motifs is 1. The fourth-order valence-corrected chi connectivity index (χ4v) is 1.63. The monoisotopic (exact) mass is 243 g/mol. The molecule has 0 atom stereocenters. The van der Waals surface area contributed by atoms with Crippen LogP contribution in [0.3, 0.4) is 0 Å². The predicted molar refractivity (Wildman–Crippen MR) is 72.4 cm³/mol. The van der Waals surface area contributed by atoms with E-state index in [4.69, 9.17) is 0 Å². The molecule has 0 saturated heterocycles. The van der Waals surface area contributed by atoms with Crippen molar-refractivity contribution in [1.29, 1.82) is 0 Å². The SMILES string of the molecule is C=C(C)c1cnc2[nH]c(C(=O)C(C)(C)C)cc2n1. The smallest absolute Gasteiger partial charge is 0.184 e. The average molecular weight is 243 g/mol. The van der Waals surface area contributed by atoms with Crippen LogP contribution in [0.1, 0.15) is 43.9 Å². The maximum absolute atomic E-state index is 12.2. The van der Waals surface area contributed by atoms with E-state index >= 15 is 0 Å². The van der Waals surface area contributed by atoms with Crippen LogP contribution in [0, 0.1) is 5.41 Å². The summed E-state index contributed by atoms with van der Waals surface area (Å²) in [7, 11) is 0. The molecule has 0 fully saturated rings. The lowest BCUT2D eigenvalue weighted by Crippen LogP contribution is -2.20. The van der Waals surface area contributed by atoms with Crippen molar-refractivity contribution in [3.63, 3.8) is 0 Å². The van der Waals surface area contributed by atoms with Gasteiger partial charge in [0.15, 0.2) is 11.4 Å². The van der Waals surface area contributed by atoms with Gasteiger partial charge in [0, 0.05) is 5.41 Å². The lowest BCUT2D eigenvalue weighted by molar-refractivity contribution is 0.0854. The van der Waals surface area contributed by atoms with Crippen molar-refractivity contribution in [2.24, 2.45) is 5.41 Å². The Bertz CT molecular complexity index is 632. The van der Waals surface area contributed by atoms with Gasteiger partial charge in [-0.2, -0.15) is 0 Å². The third-order valence-corrected chi connectivity index (χ3v) is 2.70. The van der Waals surface area contributed by atoms with E-state index in [9.17, 15) is 4.79 Å². The quantitative estimate of drug-likeness (QED) is 0.824. The number of nitrogens with one attached hydrogen (secondary N) is 1. The first-order valence-electron chi connectivity index (χ1n) is 5.85. The van der Waals surface area contributed by atoms with Gasteiger partial charge in [-0.1, -0.05) is 27.4 Å². The number of carbonyl (C=O) groups excluding carboxylic acids is 1. The fraction of sp³-hybridized carbons (Fsp3) is 0.357. The second-order valence-corrected chi connectivity index (χ2v) is 5.53. The fourth-order valence-electron chi connectivity index (χ4n) is 1.63. The summed E-state index contributed by atoms with van der Waals surface area (Å²) < 4.78 is 0. The zero-order valence-corrected chi connectivity index (χ0v) is 11.2. The Morgan fingerprint density at radius 1 is 1.39 bits per heavy atom. The minimum absolute atomic E-state index is 0.0548. The van der Waals surface area contributed by atoms with Gasteiger partial charge in [-0.25, -0.2) is 9.97 Å². The predicted octanol–water partition coefficient (Wildman–Crippen LogP) is 3.22. The molecule has 2 aromatic heterocycles. The molecule has 0 spiro atoms. The van der Waals surface area contributed by atoms with Crippen LogP contribution >= 0.6 is 0 Å². The molecule has 4 heteroatoms. The summed E-state index contributed by atoms with van der Waals surface area (Å²) in [4.78, 5) is 23.8. The summed E-state index contributed by atoms with van der Waals surface area (Å²) in [6.07, 6.45) is 1.66. The van der Waals surface area contributed by atoms with Crippen molar-refractivity contribution < 1.29 is 4.79 Å². The van der Waals surface area contributed by atoms with Crippen LogP contribution in [0.5, 0.6) is 0 Å². The molecule has 0 unspecified atom stereocenters. The van der Waals surface area contributed by atoms with E-state index in [0.717, 1.165) is 11.3 Å². The first-order chi connectivity index (χ1) is 8.29.